The predicted molar refractivity (Wildman–Crippen MR) is 125 cm³/mol. The van der Waals surface area contributed by atoms with Gasteiger partial charge in [-0.25, -0.2) is 14.8 Å². The van der Waals surface area contributed by atoms with Gasteiger partial charge in [0.05, 0.1) is 18.2 Å². The van der Waals surface area contributed by atoms with E-state index in [0.29, 0.717) is 36.2 Å². The van der Waals surface area contributed by atoms with Crippen molar-refractivity contribution >= 4 is 17.1 Å². The minimum atomic E-state index is -0.370. The Bertz CT molecular complexity index is 1310. The summed E-state index contributed by atoms with van der Waals surface area (Å²) >= 11 is 0. The summed E-state index contributed by atoms with van der Waals surface area (Å²) in [6.45, 7) is 3.06. The van der Waals surface area contributed by atoms with Crippen molar-refractivity contribution in [2.75, 3.05) is 20.2 Å². The number of pyridine rings is 1. The van der Waals surface area contributed by atoms with Gasteiger partial charge in [0.1, 0.15) is 12.0 Å². The number of para-hydroxylation sites is 2. The molecule has 9 nitrogen and oxygen atoms in total. The predicted octanol–water partition coefficient (Wildman–Crippen LogP) is 4.77. The molecule has 9 heteroatoms. The number of methoxy groups -OCH3 is 1. The van der Waals surface area contributed by atoms with Crippen LogP contribution in [0, 0.1) is 6.92 Å². The quantitative estimate of drug-likeness (QED) is 0.424. The fourth-order valence-electron chi connectivity index (χ4n) is 4.19. The number of carbonyl (C=O) groups excluding carboxylic acids is 1. The van der Waals surface area contributed by atoms with Crippen LogP contribution in [-0.4, -0.2) is 50.7 Å². The van der Waals surface area contributed by atoms with Crippen LogP contribution < -0.4 is 14.2 Å². The van der Waals surface area contributed by atoms with Gasteiger partial charge in [0, 0.05) is 31.5 Å². The molecule has 0 aliphatic carbocycles. The molecule has 0 spiro atoms. The second-order valence-electron chi connectivity index (χ2n) is 8.07. The van der Waals surface area contributed by atoms with Crippen LogP contribution in [-0.2, 0) is 0 Å². The standard InChI is InChI=1S/C25H25N5O4/c1-17-20(8-5-12-26-17)33-24-19-11-15-30(23(19)27-16-28-24)18-9-13-29(14-10-18)25(31)34-22-7-4-3-6-21(22)32-2/h3-8,11-12,15-16,18H,9-10,13-14H2,1-2H3. The van der Waals surface area contributed by atoms with E-state index in [1.54, 1.807) is 30.3 Å². The number of aryl methyl sites for hydroxylation is 1. The Hall–Kier alpha value is -4.14. The highest BCUT2D eigenvalue weighted by Crippen LogP contribution is 2.33. The first-order chi connectivity index (χ1) is 16.6. The van der Waals surface area contributed by atoms with Gasteiger partial charge in [0.15, 0.2) is 17.2 Å². The highest BCUT2D eigenvalue weighted by atomic mass is 16.6. The Kier molecular flexibility index (Phi) is 5.99. The summed E-state index contributed by atoms with van der Waals surface area (Å²) in [5.41, 5.74) is 1.60. The maximum absolute atomic E-state index is 12.7. The molecule has 1 aromatic carbocycles. The zero-order valence-corrected chi connectivity index (χ0v) is 19.0. The fraction of sp³-hybridized carbons (Fsp3) is 0.280. The number of nitrogens with zero attached hydrogens (tertiary/aromatic N) is 5. The van der Waals surface area contributed by atoms with Crippen LogP contribution in [0.3, 0.4) is 0 Å². The van der Waals surface area contributed by atoms with Gasteiger partial charge in [-0.2, -0.15) is 0 Å². The van der Waals surface area contributed by atoms with E-state index in [1.165, 1.54) is 6.33 Å². The summed E-state index contributed by atoms with van der Waals surface area (Å²) < 4.78 is 19.0. The summed E-state index contributed by atoms with van der Waals surface area (Å²) in [5.74, 6) is 2.11. The molecule has 0 atom stereocenters. The minimum absolute atomic E-state index is 0.204. The van der Waals surface area contributed by atoms with Crippen molar-refractivity contribution in [1.82, 2.24) is 24.4 Å². The van der Waals surface area contributed by atoms with E-state index in [9.17, 15) is 4.79 Å². The molecule has 4 aromatic rings. The lowest BCUT2D eigenvalue weighted by atomic mass is 10.1. The largest absolute Gasteiger partial charge is 0.493 e. The molecule has 174 valence electrons. The molecule has 0 N–H and O–H groups in total. The van der Waals surface area contributed by atoms with Gasteiger partial charge in [0.2, 0.25) is 5.88 Å². The lowest BCUT2D eigenvalue weighted by Gasteiger charge is -2.32. The van der Waals surface area contributed by atoms with Crippen LogP contribution in [0.1, 0.15) is 24.6 Å². The third-order valence-corrected chi connectivity index (χ3v) is 6.02. The molecule has 0 bridgehead atoms. The molecule has 4 heterocycles. The number of likely N-dealkylation sites (tertiary alicyclic amines) is 1. The molecule has 1 amide bonds. The van der Waals surface area contributed by atoms with Crippen LogP contribution >= 0.6 is 0 Å². The molecular formula is C25H25N5O4. The zero-order chi connectivity index (χ0) is 23.5. The number of hydrogen-bond acceptors (Lipinski definition) is 7. The zero-order valence-electron chi connectivity index (χ0n) is 19.0. The molecule has 0 radical (unpaired) electrons. The van der Waals surface area contributed by atoms with Crippen molar-refractivity contribution in [3.05, 3.63) is 66.9 Å². The number of benzene rings is 1. The summed E-state index contributed by atoms with van der Waals surface area (Å²) in [7, 11) is 1.55. The maximum Gasteiger partial charge on any atom is 0.415 e. The van der Waals surface area contributed by atoms with E-state index in [2.05, 4.69) is 19.5 Å². The topological polar surface area (TPSA) is 91.6 Å². The number of carbonyl (C=O) groups is 1. The Labute approximate surface area is 196 Å². The Morgan fingerprint density at radius 3 is 2.50 bits per heavy atom. The normalized spacial score (nSPS) is 14.2. The number of piperidine rings is 1. The molecule has 1 fully saturated rings. The second kappa shape index (κ2) is 9.38. The van der Waals surface area contributed by atoms with E-state index in [4.69, 9.17) is 14.2 Å². The van der Waals surface area contributed by atoms with Crippen molar-refractivity contribution in [3.63, 3.8) is 0 Å². The lowest BCUT2D eigenvalue weighted by molar-refractivity contribution is 0.131. The van der Waals surface area contributed by atoms with Crippen LogP contribution in [0.25, 0.3) is 11.0 Å². The van der Waals surface area contributed by atoms with E-state index >= 15 is 0 Å². The SMILES string of the molecule is COc1ccccc1OC(=O)N1CCC(n2ccc3c(Oc4cccnc4C)ncnc32)CC1. The lowest BCUT2D eigenvalue weighted by Crippen LogP contribution is -2.40. The number of hydrogen-bond donors (Lipinski definition) is 0. The van der Waals surface area contributed by atoms with Gasteiger partial charge >= 0.3 is 6.09 Å². The van der Waals surface area contributed by atoms with Gasteiger partial charge in [-0.3, -0.25) is 4.98 Å². The van der Waals surface area contributed by atoms with E-state index in [1.807, 2.05) is 43.5 Å². The van der Waals surface area contributed by atoms with E-state index in [-0.39, 0.29) is 12.1 Å². The average Bonchev–Trinajstić information content (AvgIpc) is 3.31. The molecule has 1 saturated heterocycles. The summed E-state index contributed by atoms with van der Waals surface area (Å²) in [4.78, 5) is 27.5. The van der Waals surface area contributed by atoms with Crippen molar-refractivity contribution in [2.45, 2.75) is 25.8 Å². The number of aromatic nitrogens is 4. The third kappa shape index (κ3) is 4.24. The summed E-state index contributed by atoms with van der Waals surface area (Å²) in [6.07, 6.45) is 6.45. The van der Waals surface area contributed by atoms with Crippen molar-refractivity contribution in [1.29, 1.82) is 0 Å². The summed E-state index contributed by atoms with van der Waals surface area (Å²) in [6, 6.07) is 13.0. The highest BCUT2D eigenvalue weighted by molar-refractivity contribution is 5.81. The van der Waals surface area contributed by atoms with Crippen LogP contribution in [0.2, 0.25) is 0 Å². The molecule has 3 aromatic heterocycles. The van der Waals surface area contributed by atoms with Gasteiger partial charge in [-0.15, -0.1) is 0 Å². The second-order valence-corrected chi connectivity index (χ2v) is 8.07. The van der Waals surface area contributed by atoms with Gasteiger partial charge in [-0.05, 0) is 50.1 Å². The number of fused-ring (bicyclic) bond motifs is 1. The first-order valence-electron chi connectivity index (χ1n) is 11.1. The Morgan fingerprint density at radius 2 is 1.74 bits per heavy atom. The number of rotatable bonds is 5. The molecule has 5 rings (SSSR count). The van der Waals surface area contributed by atoms with E-state index < -0.39 is 0 Å². The summed E-state index contributed by atoms with van der Waals surface area (Å²) in [5, 5.41) is 0.837. The Balaban J connectivity index is 1.28. The first-order valence-corrected chi connectivity index (χ1v) is 11.1. The number of amides is 1. The van der Waals surface area contributed by atoms with Crippen molar-refractivity contribution < 1.29 is 19.0 Å². The van der Waals surface area contributed by atoms with Crippen molar-refractivity contribution in [2.24, 2.45) is 0 Å². The van der Waals surface area contributed by atoms with E-state index in [0.717, 1.165) is 29.6 Å². The van der Waals surface area contributed by atoms with Crippen molar-refractivity contribution in [3.8, 4) is 23.1 Å². The monoisotopic (exact) mass is 459 g/mol. The van der Waals surface area contributed by atoms with Gasteiger partial charge < -0.3 is 23.7 Å². The van der Waals surface area contributed by atoms with Crippen LogP contribution in [0.4, 0.5) is 4.79 Å². The Morgan fingerprint density at radius 1 is 0.971 bits per heavy atom. The average molecular weight is 460 g/mol. The number of ether oxygens (including phenoxy) is 3. The van der Waals surface area contributed by atoms with Crippen LogP contribution in [0.15, 0.2) is 61.2 Å². The molecule has 1 aliphatic rings. The maximum atomic E-state index is 12.7. The smallest absolute Gasteiger partial charge is 0.415 e. The highest BCUT2D eigenvalue weighted by Gasteiger charge is 2.27. The third-order valence-electron chi connectivity index (χ3n) is 6.02. The molecule has 0 saturated carbocycles. The molecule has 1 aliphatic heterocycles. The molecule has 0 unspecified atom stereocenters. The fourth-order valence-corrected chi connectivity index (χ4v) is 4.19. The van der Waals surface area contributed by atoms with Gasteiger partial charge in [-0.1, -0.05) is 12.1 Å². The first kappa shape index (κ1) is 21.7. The van der Waals surface area contributed by atoms with Gasteiger partial charge in [0.25, 0.3) is 0 Å². The van der Waals surface area contributed by atoms with Crippen LogP contribution in [0.5, 0.6) is 23.1 Å². The molecular weight excluding hydrogens is 434 g/mol. The molecule has 34 heavy (non-hydrogen) atoms. The minimum Gasteiger partial charge on any atom is -0.493 e.